The van der Waals surface area contributed by atoms with Gasteiger partial charge in [0.2, 0.25) is 0 Å². The van der Waals surface area contributed by atoms with E-state index in [9.17, 15) is 0 Å². The molecular weight excluding hydrogens is 206 g/mol. The minimum atomic E-state index is 0.650. The van der Waals surface area contributed by atoms with Crippen LogP contribution in [0.15, 0.2) is 0 Å². The second-order valence-electron chi connectivity index (χ2n) is 4.12. The number of H-pyrrole nitrogens is 1. The monoisotopic (exact) mass is 225 g/mol. The van der Waals surface area contributed by atoms with Crippen LogP contribution in [0, 0.1) is 6.92 Å². The number of imidazole rings is 1. The van der Waals surface area contributed by atoms with Crippen LogP contribution in [-0.4, -0.2) is 28.0 Å². The zero-order chi connectivity index (χ0) is 10.7. The van der Waals surface area contributed by atoms with Crippen LogP contribution in [0.5, 0.6) is 0 Å². The first-order valence-corrected chi connectivity index (χ1v) is 6.80. The average Bonchev–Trinajstić information content (AvgIpc) is 2.63. The second kappa shape index (κ2) is 5.03. The van der Waals surface area contributed by atoms with E-state index in [0.29, 0.717) is 12.5 Å². The maximum Gasteiger partial charge on any atom is 0.109 e. The van der Waals surface area contributed by atoms with Gasteiger partial charge in [-0.15, -0.1) is 0 Å². The maximum atomic E-state index is 5.56. The molecule has 1 aliphatic heterocycles. The Morgan fingerprint density at radius 3 is 2.87 bits per heavy atom. The third kappa shape index (κ3) is 2.55. The minimum Gasteiger partial charge on any atom is -0.346 e. The van der Waals surface area contributed by atoms with Crippen LogP contribution >= 0.6 is 11.8 Å². The zero-order valence-electron chi connectivity index (χ0n) is 9.25. The molecule has 2 rings (SSSR count). The maximum absolute atomic E-state index is 5.56. The Kier molecular flexibility index (Phi) is 3.70. The Morgan fingerprint density at radius 2 is 2.20 bits per heavy atom. The van der Waals surface area contributed by atoms with Gasteiger partial charge in [-0.3, -0.25) is 0 Å². The van der Waals surface area contributed by atoms with Crippen molar-refractivity contribution in [3.8, 4) is 0 Å². The molecule has 0 atom stereocenters. The molecule has 0 amide bonds. The van der Waals surface area contributed by atoms with E-state index in [4.69, 9.17) is 5.73 Å². The standard InChI is InChI=1S/C11H19N3S/c1-8-10(2-5-12)14-11(13-8)9-3-6-15-7-4-9/h9H,2-7,12H2,1H3,(H,13,14). The summed E-state index contributed by atoms with van der Waals surface area (Å²) in [5.41, 5.74) is 7.92. The number of nitrogens with one attached hydrogen (secondary N) is 1. The highest BCUT2D eigenvalue weighted by Gasteiger charge is 2.19. The van der Waals surface area contributed by atoms with E-state index in [-0.39, 0.29) is 0 Å². The summed E-state index contributed by atoms with van der Waals surface area (Å²) in [6.07, 6.45) is 3.42. The van der Waals surface area contributed by atoms with Gasteiger partial charge < -0.3 is 10.7 Å². The molecule has 0 saturated carbocycles. The first kappa shape index (κ1) is 11.0. The van der Waals surface area contributed by atoms with E-state index in [2.05, 4.69) is 28.7 Å². The Labute approximate surface area is 95.2 Å². The summed E-state index contributed by atoms with van der Waals surface area (Å²) < 4.78 is 0. The van der Waals surface area contributed by atoms with Crippen molar-refractivity contribution in [1.29, 1.82) is 0 Å². The number of nitrogens with two attached hydrogens (primary N) is 1. The number of thioether (sulfide) groups is 1. The number of hydrogen-bond acceptors (Lipinski definition) is 3. The first-order chi connectivity index (χ1) is 7.31. The van der Waals surface area contributed by atoms with Gasteiger partial charge in [0.1, 0.15) is 5.82 Å². The fourth-order valence-corrected chi connectivity index (χ4v) is 3.17. The highest BCUT2D eigenvalue weighted by Crippen LogP contribution is 2.30. The van der Waals surface area contributed by atoms with Crippen molar-refractivity contribution in [3.05, 3.63) is 17.2 Å². The summed E-state index contributed by atoms with van der Waals surface area (Å²) in [7, 11) is 0. The number of rotatable bonds is 3. The van der Waals surface area contributed by atoms with Gasteiger partial charge in [-0.25, -0.2) is 4.98 Å². The fraction of sp³-hybridized carbons (Fsp3) is 0.727. The van der Waals surface area contributed by atoms with Crippen molar-refractivity contribution in [2.75, 3.05) is 18.1 Å². The smallest absolute Gasteiger partial charge is 0.109 e. The second-order valence-corrected chi connectivity index (χ2v) is 5.34. The lowest BCUT2D eigenvalue weighted by Crippen LogP contribution is -2.09. The normalized spacial score (nSPS) is 18.3. The first-order valence-electron chi connectivity index (χ1n) is 5.64. The molecule has 0 unspecified atom stereocenters. The molecule has 4 heteroatoms. The minimum absolute atomic E-state index is 0.650. The molecule has 1 saturated heterocycles. The van der Waals surface area contributed by atoms with Gasteiger partial charge in [-0.05, 0) is 37.8 Å². The number of hydrogen-bond donors (Lipinski definition) is 2. The summed E-state index contributed by atoms with van der Waals surface area (Å²) in [6, 6.07) is 0. The highest BCUT2D eigenvalue weighted by atomic mass is 32.2. The van der Waals surface area contributed by atoms with Crippen LogP contribution < -0.4 is 5.73 Å². The van der Waals surface area contributed by atoms with Crippen LogP contribution in [0.4, 0.5) is 0 Å². The van der Waals surface area contributed by atoms with E-state index >= 15 is 0 Å². The molecule has 3 nitrogen and oxygen atoms in total. The van der Waals surface area contributed by atoms with Crippen LogP contribution in [0.3, 0.4) is 0 Å². The van der Waals surface area contributed by atoms with Crippen LogP contribution in [0.1, 0.15) is 36.0 Å². The molecular formula is C11H19N3S. The molecule has 3 N–H and O–H groups in total. The van der Waals surface area contributed by atoms with E-state index in [1.165, 1.54) is 35.9 Å². The molecule has 0 aliphatic carbocycles. The SMILES string of the molecule is Cc1[nH]c(C2CCSCC2)nc1CCN. The quantitative estimate of drug-likeness (QED) is 0.825. The predicted octanol–water partition coefficient (Wildman–Crippen LogP) is 1.83. The third-order valence-electron chi connectivity index (χ3n) is 2.99. The number of aryl methyl sites for hydroxylation is 1. The molecule has 0 spiro atoms. The summed E-state index contributed by atoms with van der Waals surface area (Å²) in [4.78, 5) is 8.10. The molecule has 0 radical (unpaired) electrons. The van der Waals surface area contributed by atoms with Crippen LogP contribution in [0.25, 0.3) is 0 Å². The highest BCUT2D eigenvalue weighted by molar-refractivity contribution is 7.99. The van der Waals surface area contributed by atoms with Crippen molar-refractivity contribution in [1.82, 2.24) is 9.97 Å². The molecule has 1 aliphatic rings. The molecule has 0 aromatic carbocycles. The summed E-state index contributed by atoms with van der Waals surface area (Å²) in [6.45, 7) is 2.78. The zero-order valence-corrected chi connectivity index (χ0v) is 10.1. The molecule has 0 bridgehead atoms. The molecule has 1 fully saturated rings. The number of nitrogens with zero attached hydrogens (tertiary/aromatic N) is 1. The van der Waals surface area contributed by atoms with E-state index in [1.807, 2.05) is 0 Å². The van der Waals surface area contributed by atoms with E-state index in [0.717, 1.165) is 12.1 Å². The molecule has 1 aromatic rings. The van der Waals surface area contributed by atoms with Crippen LogP contribution in [0.2, 0.25) is 0 Å². The van der Waals surface area contributed by atoms with Crippen LogP contribution in [-0.2, 0) is 6.42 Å². The predicted molar refractivity (Wildman–Crippen MR) is 65.4 cm³/mol. The van der Waals surface area contributed by atoms with E-state index < -0.39 is 0 Å². The van der Waals surface area contributed by atoms with Crippen molar-refractivity contribution < 1.29 is 0 Å². The third-order valence-corrected chi connectivity index (χ3v) is 4.04. The van der Waals surface area contributed by atoms with Gasteiger partial charge in [-0.2, -0.15) is 11.8 Å². The molecule has 15 heavy (non-hydrogen) atoms. The molecule has 1 aromatic heterocycles. The Hall–Kier alpha value is -0.480. The average molecular weight is 225 g/mol. The summed E-state index contributed by atoms with van der Waals surface area (Å²) >= 11 is 2.05. The summed E-state index contributed by atoms with van der Waals surface area (Å²) in [5.74, 6) is 4.39. The van der Waals surface area contributed by atoms with Gasteiger partial charge in [0.25, 0.3) is 0 Å². The van der Waals surface area contributed by atoms with Crippen molar-refractivity contribution in [3.63, 3.8) is 0 Å². The van der Waals surface area contributed by atoms with Gasteiger partial charge in [0, 0.05) is 18.0 Å². The van der Waals surface area contributed by atoms with Gasteiger partial charge in [-0.1, -0.05) is 0 Å². The summed E-state index contributed by atoms with van der Waals surface area (Å²) in [5, 5.41) is 0. The largest absolute Gasteiger partial charge is 0.346 e. The van der Waals surface area contributed by atoms with Crippen molar-refractivity contribution in [2.24, 2.45) is 5.73 Å². The Morgan fingerprint density at radius 1 is 1.47 bits per heavy atom. The van der Waals surface area contributed by atoms with Gasteiger partial charge >= 0.3 is 0 Å². The Balaban J connectivity index is 2.10. The van der Waals surface area contributed by atoms with Crippen molar-refractivity contribution >= 4 is 11.8 Å². The van der Waals surface area contributed by atoms with Crippen molar-refractivity contribution in [2.45, 2.75) is 32.1 Å². The lowest BCUT2D eigenvalue weighted by molar-refractivity contribution is 0.603. The van der Waals surface area contributed by atoms with Gasteiger partial charge in [0.05, 0.1) is 5.69 Å². The number of aromatic nitrogens is 2. The van der Waals surface area contributed by atoms with Gasteiger partial charge in [0.15, 0.2) is 0 Å². The molecule has 84 valence electrons. The molecule has 2 heterocycles. The lowest BCUT2D eigenvalue weighted by Gasteiger charge is -2.18. The Bertz CT molecular complexity index is 316. The fourth-order valence-electron chi connectivity index (χ4n) is 2.07. The van der Waals surface area contributed by atoms with E-state index in [1.54, 1.807) is 0 Å². The topological polar surface area (TPSA) is 54.7 Å². The number of aromatic amines is 1. The lowest BCUT2D eigenvalue weighted by atomic mass is 10.0.